The van der Waals surface area contributed by atoms with Crippen molar-refractivity contribution in [2.45, 2.75) is 24.7 Å². The van der Waals surface area contributed by atoms with E-state index in [4.69, 9.17) is 0 Å². The van der Waals surface area contributed by atoms with Crippen molar-refractivity contribution in [3.8, 4) is 0 Å². The lowest BCUT2D eigenvalue weighted by Crippen LogP contribution is -2.47. The van der Waals surface area contributed by atoms with Gasteiger partial charge in [-0.25, -0.2) is 0 Å². The summed E-state index contributed by atoms with van der Waals surface area (Å²) in [5.41, 5.74) is -0.491. The predicted octanol–water partition coefficient (Wildman–Crippen LogP) is 3.21. The fourth-order valence-electron chi connectivity index (χ4n) is 3.33. The Morgan fingerprint density at radius 1 is 1.08 bits per heavy atom. The molecule has 0 atom stereocenters. The number of halogens is 3. The normalized spacial score (nSPS) is 20.0. The standard InChI is InChI=1S/C16H14F3N5O/c17-16(18,19)15(22-23-15)11-3-7-24(8-4-11)14(25)10-1-2-12-13(9-10)21-6-5-20-12/h1-2,5-6,9,11H,3-4,7-8H2. The molecule has 25 heavy (non-hydrogen) atoms. The summed E-state index contributed by atoms with van der Waals surface area (Å²) in [4.78, 5) is 22.5. The van der Waals surface area contributed by atoms with E-state index in [2.05, 4.69) is 20.2 Å². The third kappa shape index (κ3) is 2.63. The molecule has 0 spiro atoms. The van der Waals surface area contributed by atoms with Gasteiger partial charge < -0.3 is 4.90 Å². The molecule has 1 saturated heterocycles. The number of benzene rings is 1. The molecule has 0 aliphatic carbocycles. The first-order chi connectivity index (χ1) is 11.9. The number of aromatic nitrogens is 2. The van der Waals surface area contributed by atoms with Gasteiger partial charge in [-0.1, -0.05) is 0 Å². The second-order valence-electron chi connectivity index (χ2n) is 6.25. The monoisotopic (exact) mass is 349 g/mol. The van der Waals surface area contributed by atoms with Gasteiger partial charge in [0.2, 0.25) is 0 Å². The maximum Gasteiger partial charge on any atom is 0.437 e. The molecule has 1 amide bonds. The van der Waals surface area contributed by atoms with E-state index in [9.17, 15) is 18.0 Å². The number of nitrogens with zero attached hydrogens (tertiary/aromatic N) is 5. The second-order valence-corrected chi connectivity index (χ2v) is 6.25. The highest BCUT2D eigenvalue weighted by atomic mass is 19.4. The molecular weight excluding hydrogens is 335 g/mol. The Labute approximate surface area is 140 Å². The van der Waals surface area contributed by atoms with Crippen LogP contribution >= 0.6 is 0 Å². The topological polar surface area (TPSA) is 70.8 Å². The fourth-order valence-corrected chi connectivity index (χ4v) is 3.33. The Bertz CT molecular complexity index is 852. The molecule has 1 aromatic heterocycles. The highest BCUT2D eigenvalue weighted by molar-refractivity contribution is 5.97. The minimum absolute atomic E-state index is 0.211. The van der Waals surface area contributed by atoms with E-state index < -0.39 is 17.8 Å². The van der Waals surface area contributed by atoms with Gasteiger partial charge in [-0.05, 0) is 31.0 Å². The molecule has 2 aromatic rings. The Kier molecular flexibility index (Phi) is 3.48. The average molecular weight is 349 g/mol. The molecule has 2 aliphatic heterocycles. The first kappa shape index (κ1) is 15.9. The molecule has 0 saturated carbocycles. The maximum absolute atomic E-state index is 13.1. The van der Waals surface area contributed by atoms with Gasteiger partial charge in [0.25, 0.3) is 11.6 Å². The van der Waals surface area contributed by atoms with E-state index in [-0.39, 0.29) is 31.8 Å². The summed E-state index contributed by atoms with van der Waals surface area (Å²) in [6, 6.07) is 5.02. The third-order valence-electron chi connectivity index (χ3n) is 4.80. The van der Waals surface area contributed by atoms with Crippen LogP contribution in [0.5, 0.6) is 0 Å². The van der Waals surface area contributed by atoms with E-state index in [0.717, 1.165) is 0 Å². The minimum Gasteiger partial charge on any atom is -0.339 e. The van der Waals surface area contributed by atoms with Gasteiger partial charge in [0, 0.05) is 37.0 Å². The van der Waals surface area contributed by atoms with Crippen LogP contribution in [0.2, 0.25) is 0 Å². The Morgan fingerprint density at radius 2 is 1.72 bits per heavy atom. The molecule has 1 fully saturated rings. The maximum atomic E-state index is 13.1. The lowest BCUT2D eigenvalue weighted by Gasteiger charge is -2.34. The van der Waals surface area contributed by atoms with Crippen LogP contribution < -0.4 is 0 Å². The van der Waals surface area contributed by atoms with E-state index in [1.807, 2.05) is 0 Å². The van der Waals surface area contributed by atoms with Crippen molar-refractivity contribution in [2.75, 3.05) is 13.1 Å². The minimum atomic E-state index is -4.46. The zero-order chi connectivity index (χ0) is 17.7. The number of amides is 1. The Hall–Kier alpha value is -2.58. The first-order valence-electron chi connectivity index (χ1n) is 7.91. The van der Waals surface area contributed by atoms with Gasteiger partial charge in [-0.15, -0.1) is 10.2 Å². The molecule has 2 aliphatic rings. The van der Waals surface area contributed by atoms with Gasteiger partial charge in [-0.3, -0.25) is 14.8 Å². The van der Waals surface area contributed by atoms with Crippen molar-refractivity contribution < 1.29 is 18.0 Å². The average Bonchev–Trinajstić information content (AvgIpc) is 3.43. The van der Waals surface area contributed by atoms with Crippen LogP contribution in [0.3, 0.4) is 0 Å². The fraction of sp³-hybridized carbons (Fsp3) is 0.438. The molecule has 0 radical (unpaired) electrons. The molecule has 0 unspecified atom stereocenters. The van der Waals surface area contributed by atoms with Crippen molar-refractivity contribution in [3.63, 3.8) is 0 Å². The van der Waals surface area contributed by atoms with Crippen LogP contribution in [-0.2, 0) is 0 Å². The van der Waals surface area contributed by atoms with E-state index in [1.165, 1.54) is 0 Å². The third-order valence-corrected chi connectivity index (χ3v) is 4.80. The van der Waals surface area contributed by atoms with E-state index in [0.29, 0.717) is 16.6 Å². The molecule has 4 rings (SSSR count). The van der Waals surface area contributed by atoms with Crippen LogP contribution in [0.25, 0.3) is 11.0 Å². The number of piperidine rings is 1. The number of alkyl halides is 3. The molecule has 6 nitrogen and oxygen atoms in total. The quantitative estimate of drug-likeness (QED) is 0.836. The largest absolute Gasteiger partial charge is 0.437 e. The number of hydrogen-bond donors (Lipinski definition) is 0. The summed E-state index contributed by atoms with van der Waals surface area (Å²) in [7, 11) is 0. The van der Waals surface area contributed by atoms with Gasteiger partial charge in [0.1, 0.15) is 0 Å². The molecule has 9 heteroatoms. The summed E-state index contributed by atoms with van der Waals surface area (Å²) >= 11 is 0. The number of rotatable bonds is 2. The van der Waals surface area contributed by atoms with Crippen molar-refractivity contribution in [3.05, 3.63) is 36.2 Å². The van der Waals surface area contributed by atoms with Gasteiger partial charge in [-0.2, -0.15) is 13.2 Å². The van der Waals surface area contributed by atoms with Gasteiger partial charge >= 0.3 is 6.18 Å². The highest BCUT2D eigenvalue weighted by Gasteiger charge is 2.68. The Balaban J connectivity index is 1.46. The number of likely N-dealkylation sites (tertiary alicyclic amines) is 1. The Morgan fingerprint density at radius 3 is 2.32 bits per heavy atom. The second kappa shape index (κ2) is 5.47. The number of hydrogen-bond acceptors (Lipinski definition) is 5. The van der Waals surface area contributed by atoms with Gasteiger partial charge in [0.05, 0.1) is 11.0 Å². The molecule has 0 bridgehead atoms. The summed E-state index contributed by atoms with van der Waals surface area (Å²) in [6.07, 6.45) is -0.890. The van der Waals surface area contributed by atoms with Crippen molar-refractivity contribution in [1.29, 1.82) is 0 Å². The number of carbonyl (C=O) groups is 1. The van der Waals surface area contributed by atoms with Crippen LogP contribution in [0, 0.1) is 5.92 Å². The summed E-state index contributed by atoms with van der Waals surface area (Å²) in [5.74, 6) is -0.907. The first-order valence-corrected chi connectivity index (χ1v) is 7.91. The van der Waals surface area contributed by atoms with Gasteiger partial charge in [0.15, 0.2) is 0 Å². The zero-order valence-corrected chi connectivity index (χ0v) is 13.1. The summed E-state index contributed by atoms with van der Waals surface area (Å²) < 4.78 is 39.2. The smallest absolute Gasteiger partial charge is 0.339 e. The van der Waals surface area contributed by atoms with E-state index in [1.54, 1.807) is 35.5 Å². The molecular formula is C16H14F3N5O. The lowest BCUT2D eigenvalue weighted by atomic mass is 9.86. The predicted molar refractivity (Wildman–Crippen MR) is 81.8 cm³/mol. The molecule has 3 heterocycles. The number of fused-ring (bicyclic) bond motifs is 1. The van der Waals surface area contributed by atoms with Crippen LogP contribution in [-0.4, -0.2) is 45.7 Å². The van der Waals surface area contributed by atoms with Crippen molar-refractivity contribution in [2.24, 2.45) is 16.1 Å². The molecule has 1 aromatic carbocycles. The van der Waals surface area contributed by atoms with E-state index >= 15 is 0 Å². The number of carbonyl (C=O) groups excluding carboxylic acids is 1. The highest BCUT2D eigenvalue weighted by Crippen LogP contribution is 2.52. The van der Waals surface area contributed by atoms with Crippen molar-refractivity contribution in [1.82, 2.24) is 14.9 Å². The molecule has 0 N–H and O–H groups in total. The molecule has 130 valence electrons. The summed E-state index contributed by atoms with van der Waals surface area (Å²) in [5, 5.41) is 6.54. The van der Waals surface area contributed by atoms with Crippen LogP contribution in [0.1, 0.15) is 23.2 Å². The SMILES string of the molecule is O=C(c1ccc2nccnc2c1)N1CCC(C2(C(F)(F)F)N=N2)CC1. The van der Waals surface area contributed by atoms with Crippen LogP contribution in [0.15, 0.2) is 40.8 Å². The van der Waals surface area contributed by atoms with Crippen molar-refractivity contribution >= 4 is 16.9 Å². The zero-order valence-electron chi connectivity index (χ0n) is 13.1. The summed E-state index contributed by atoms with van der Waals surface area (Å²) in [6.45, 7) is 0.510. The lowest BCUT2D eigenvalue weighted by molar-refractivity contribution is -0.179. The van der Waals surface area contributed by atoms with Crippen LogP contribution in [0.4, 0.5) is 13.2 Å².